The Morgan fingerprint density at radius 3 is 1.78 bits per heavy atom. The summed E-state index contributed by atoms with van der Waals surface area (Å²) in [5, 5.41) is 0.840. The molecule has 2 atom stereocenters. The summed E-state index contributed by atoms with van der Waals surface area (Å²) in [6.45, 7) is -0.0785. The van der Waals surface area contributed by atoms with Crippen LogP contribution in [-0.2, 0) is 30.7 Å². The molecule has 1 aliphatic heterocycles. The molecule has 3 aliphatic carbocycles. The van der Waals surface area contributed by atoms with E-state index < -0.39 is 39.4 Å². The van der Waals surface area contributed by atoms with Gasteiger partial charge in [-0.3, -0.25) is 9.59 Å². The van der Waals surface area contributed by atoms with E-state index in [0.29, 0.717) is 15.6 Å². The number of carbonyl (C=O) groups is 3. The number of amides is 2. The molecule has 5 nitrogen and oxygen atoms in total. The third-order valence-electron chi connectivity index (χ3n) is 8.30. The number of nitrogens with zero attached hydrogens (tertiary/aromatic N) is 1. The molecule has 0 spiro atoms. The monoisotopic (exact) mass is 621 g/mol. The van der Waals surface area contributed by atoms with Gasteiger partial charge in [-0.15, -0.1) is 23.2 Å². The maximum absolute atomic E-state index is 14.2. The molecule has 4 aromatic carbocycles. The highest BCUT2D eigenvalue weighted by Gasteiger charge is 2.73. The fraction of sp³-hybridized carbons (Fsp3) is 0.156. The van der Waals surface area contributed by atoms with Crippen molar-refractivity contribution in [1.82, 2.24) is 0 Å². The Morgan fingerprint density at radius 1 is 0.732 bits per heavy atom. The Hall–Kier alpha value is -3.35. The average Bonchev–Trinajstić information content (AvgIpc) is 3.26. The second-order valence-corrected chi connectivity index (χ2v) is 12.4. The number of hydrogen-bond acceptors (Lipinski definition) is 4. The van der Waals surface area contributed by atoms with Crippen molar-refractivity contribution in [2.24, 2.45) is 11.8 Å². The second-order valence-electron chi connectivity index (χ2n) is 10.3. The number of halogens is 4. The SMILES string of the molecule is O=C(OCc1ccc(Cl)cc1Cl)c1cccc(N2C(=O)[C@H]3[C@H](C2=O)C2(Cl)c4ccccc4C3(Cl)c3ccccc32)c1. The van der Waals surface area contributed by atoms with Crippen molar-refractivity contribution < 1.29 is 19.1 Å². The van der Waals surface area contributed by atoms with Gasteiger partial charge < -0.3 is 4.74 Å². The lowest BCUT2D eigenvalue weighted by atomic mass is 9.54. The fourth-order valence-electron chi connectivity index (χ4n) is 6.56. The van der Waals surface area contributed by atoms with Crippen molar-refractivity contribution in [2.75, 3.05) is 4.90 Å². The molecule has 0 saturated carbocycles. The summed E-state index contributed by atoms with van der Waals surface area (Å²) in [6.07, 6.45) is 0. The molecule has 0 N–H and O–H groups in total. The van der Waals surface area contributed by atoms with Gasteiger partial charge in [-0.1, -0.05) is 83.9 Å². The number of hydrogen-bond donors (Lipinski definition) is 0. The number of benzene rings is 4. The van der Waals surface area contributed by atoms with Crippen molar-refractivity contribution in [2.45, 2.75) is 16.4 Å². The normalized spacial score (nSPS) is 25.5. The van der Waals surface area contributed by atoms with Gasteiger partial charge in [-0.25, -0.2) is 9.69 Å². The van der Waals surface area contributed by atoms with Gasteiger partial charge in [0.15, 0.2) is 0 Å². The van der Waals surface area contributed by atoms with E-state index in [4.69, 9.17) is 51.1 Å². The van der Waals surface area contributed by atoms with Gasteiger partial charge in [-0.2, -0.15) is 0 Å². The lowest BCUT2D eigenvalue weighted by molar-refractivity contribution is -0.122. The molecule has 204 valence electrons. The number of carbonyl (C=O) groups excluding carboxylic acids is 3. The van der Waals surface area contributed by atoms with Gasteiger partial charge in [-0.05, 0) is 52.6 Å². The summed E-state index contributed by atoms with van der Waals surface area (Å²) in [5.41, 5.74) is 3.87. The van der Waals surface area contributed by atoms with E-state index >= 15 is 0 Å². The molecule has 2 bridgehead atoms. The Balaban J connectivity index is 1.26. The Bertz CT molecular complexity index is 1680. The third kappa shape index (κ3) is 3.59. The molecule has 4 aliphatic rings. The van der Waals surface area contributed by atoms with Crippen LogP contribution in [0.25, 0.3) is 0 Å². The molecule has 4 aromatic rings. The first-order chi connectivity index (χ1) is 19.7. The van der Waals surface area contributed by atoms with Crippen LogP contribution >= 0.6 is 46.4 Å². The molecule has 0 unspecified atom stereocenters. The first kappa shape index (κ1) is 26.5. The van der Waals surface area contributed by atoms with Crippen molar-refractivity contribution in [3.05, 3.63) is 134 Å². The van der Waals surface area contributed by atoms with Crippen LogP contribution in [0.15, 0.2) is 91.0 Å². The van der Waals surface area contributed by atoms with E-state index in [2.05, 4.69) is 0 Å². The van der Waals surface area contributed by atoms with Gasteiger partial charge in [0.2, 0.25) is 11.8 Å². The highest BCUT2D eigenvalue weighted by atomic mass is 35.5. The molecular formula is C32H19Cl4NO4. The summed E-state index contributed by atoms with van der Waals surface area (Å²) in [5.74, 6) is -3.47. The zero-order valence-electron chi connectivity index (χ0n) is 21.1. The smallest absolute Gasteiger partial charge is 0.338 e. The number of imide groups is 1. The predicted molar refractivity (Wildman–Crippen MR) is 158 cm³/mol. The Labute approximate surface area is 255 Å². The molecule has 0 aromatic heterocycles. The minimum atomic E-state index is -1.29. The van der Waals surface area contributed by atoms with Crippen LogP contribution in [0.3, 0.4) is 0 Å². The van der Waals surface area contributed by atoms with Crippen LogP contribution < -0.4 is 4.90 Å². The summed E-state index contributed by atoms with van der Waals surface area (Å²) in [6, 6.07) is 26.0. The summed E-state index contributed by atoms with van der Waals surface area (Å²) in [4.78, 5) is 39.9. The third-order valence-corrected chi connectivity index (χ3v) is 10.2. The predicted octanol–water partition coefficient (Wildman–Crippen LogP) is 7.45. The first-order valence-corrected chi connectivity index (χ1v) is 14.3. The standard InChI is InChI=1S/C32H19Cl4NO4/c33-19-13-12-18(25(34)15-19)16-41-30(40)17-6-5-7-20(14-17)37-28(38)26-27(29(37)39)32(36)22-9-2-1-8-21(22)31(26,35)23-10-3-4-11-24(23)32/h1-15,26-27H,16H2/t26-,27-,31?,32?/m1/s1. The first-order valence-electron chi connectivity index (χ1n) is 12.8. The van der Waals surface area contributed by atoms with Crippen LogP contribution in [0.4, 0.5) is 5.69 Å². The van der Waals surface area contributed by atoms with Gasteiger partial charge in [0.05, 0.1) is 23.1 Å². The lowest BCUT2D eigenvalue weighted by Crippen LogP contribution is -2.57. The summed E-state index contributed by atoms with van der Waals surface area (Å²) in [7, 11) is 0. The van der Waals surface area contributed by atoms with E-state index in [1.807, 2.05) is 48.5 Å². The molecule has 8 rings (SSSR count). The number of esters is 1. The molecule has 2 amide bonds. The van der Waals surface area contributed by atoms with Crippen molar-refractivity contribution >= 4 is 69.9 Å². The van der Waals surface area contributed by atoms with Gasteiger partial charge >= 0.3 is 5.97 Å². The van der Waals surface area contributed by atoms with E-state index in [0.717, 1.165) is 27.2 Å². The molecule has 1 fully saturated rings. The lowest BCUT2D eigenvalue weighted by Gasteiger charge is -2.54. The molecule has 9 heteroatoms. The summed E-state index contributed by atoms with van der Waals surface area (Å²) >= 11 is 27.1. The maximum Gasteiger partial charge on any atom is 0.338 e. The van der Waals surface area contributed by atoms with Crippen molar-refractivity contribution in [1.29, 1.82) is 0 Å². The largest absolute Gasteiger partial charge is 0.457 e. The molecule has 41 heavy (non-hydrogen) atoms. The van der Waals surface area contributed by atoms with Crippen LogP contribution in [-0.4, -0.2) is 17.8 Å². The van der Waals surface area contributed by atoms with Gasteiger partial charge in [0.1, 0.15) is 16.4 Å². The Kier molecular flexibility index (Phi) is 6.04. The van der Waals surface area contributed by atoms with E-state index in [9.17, 15) is 14.4 Å². The quantitative estimate of drug-likeness (QED) is 0.135. The molecule has 0 radical (unpaired) electrons. The van der Waals surface area contributed by atoms with Crippen LogP contribution in [0, 0.1) is 11.8 Å². The zero-order valence-corrected chi connectivity index (χ0v) is 24.1. The van der Waals surface area contributed by atoms with Crippen LogP contribution in [0.5, 0.6) is 0 Å². The minimum absolute atomic E-state index is 0.0785. The topological polar surface area (TPSA) is 63.7 Å². The molecule has 1 heterocycles. The van der Waals surface area contributed by atoms with Gasteiger partial charge in [0.25, 0.3) is 0 Å². The summed E-state index contributed by atoms with van der Waals surface area (Å²) < 4.78 is 5.46. The highest BCUT2D eigenvalue weighted by Crippen LogP contribution is 2.69. The van der Waals surface area contributed by atoms with E-state index in [1.165, 1.54) is 6.07 Å². The van der Waals surface area contributed by atoms with Crippen molar-refractivity contribution in [3.63, 3.8) is 0 Å². The zero-order chi connectivity index (χ0) is 28.7. The number of anilines is 1. The average molecular weight is 623 g/mol. The van der Waals surface area contributed by atoms with Gasteiger partial charge in [0, 0.05) is 15.6 Å². The molecule has 1 saturated heterocycles. The fourth-order valence-corrected chi connectivity index (χ4v) is 8.12. The van der Waals surface area contributed by atoms with Crippen LogP contribution in [0.2, 0.25) is 10.0 Å². The van der Waals surface area contributed by atoms with E-state index in [-0.39, 0.29) is 17.9 Å². The number of ether oxygens (including phenoxy) is 1. The minimum Gasteiger partial charge on any atom is -0.457 e. The molecular weight excluding hydrogens is 604 g/mol. The highest BCUT2D eigenvalue weighted by molar-refractivity contribution is 6.39. The number of alkyl halides is 2. The number of rotatable bonds is 4. The maximum atomic E-state index is 14.2. The van der Waals surface area contributed by atoms with E-state index in [1.54, 1.807) is 36.4 Å². The van der Waals surface area contributed by atoms with Crippen molar-refractivity contribution in [3.8, 4) is 0 Å². The van der Waals surface area contributed by atoms with Crippen LogP contribution in [0.1, 0.15) is 38.2 Å². The second kappa shape index (κ2) is 9.33. The Morgan fingerprint density at radius 2 is 1.27 bits per heavy atom.